The number of ether oxygens (including phenoxy) is 1. The van der Waals surface area contributed by atoms with Gasteiger partial charge in [-0.15, -0.1) is 0 Å². The van der Waals surface area contributed by atoms with Gasteiger partial charge in [-0.25, -0.2) is 4.98 Å². The van der Waals surface area contributed by atoms with Crippen LogP contribution >= 0.6 is 0 Å². The third-order valence-corrected chi connectivity index (χ3v) is 5.24. The van der Waals surface area contributed by atoms with Crippen molar-refractivity contribution in [2.24, 2.45) is 17.6 Å². The van der Waals surface area contributed by atoms with Crippen molar-refractivity contribution in [1.82, 2.24) is 9.55 Å². The molecule has 2 N–H and O–H groups in total. The molecule has 20 heavy (non-hydrogen) atoms. The summed E-state index contributed by atoms with van der Waals surface area (Å²) in [5.74, 6) is 1.33. The van der Waals surface area contributed by atoms with Crippen LogP contribution in [-0.2, 0) is 4.74 Å². The second kappa shape index (κ2) is 6.27. The second-order valence-electron chi connectivity index (χ2n) is 6.47. The van der Waals surface area contributed by atoms with E-state index in [9.17, 15) is 0 Å². The molecule has 4 nitrogen and oxygen atoms in total. The molecule has 2 fully saturated rings. The van der Waals surface area contributed by atoms with Gasteiger partial charge in [-0.2, -0.15) is 0 Å². The maximum absolute atomic E-state index is 6.48. The van der Waals surface area contributed by atoms with Gasteiger partial charge in [-0.1, -0.05) is 26.2 Å². The molecule has 112 valence electrons. The molecule has 4 atom stereocenters. The summed E-state index contributed by atoms with van der Waals surface area (Å²) in [5, 5.41) is 0. The summed E-state index contributed by atoms with van der Waals surface area (Å²) in [6.45, 7) is 3.96. The van der Waals surface area contributed by atoms with E-state index in [1.807, 2.05) is 12.5 Å². The molecule has 1 saturated heterocycles. The van der Waals surface area contributed by atoms with Crippen LogP contribution in [0.15, 0.2) is 12.5 Å². The van der Waals surface area contributed by atoms with Crippen LogP contribution in [0.25, 0.3) is 0 Å². The summed E-state index contributed by atoms with van der Waals surface area (Å²) in [6, 6.07) is 0.668. The first kappa shape index (κ1) is 14.1. The van der Waals surface area contributed by atoms with Gasteiger partial charge >= 0.3 is 0 Å². The number of aromatic nitrogens is 2. The molecule has 1 aliphatic carbocycles. The first-order valence-electron chi connectivity index (χ1n) is 8.14. The summed E-state index contributed by atoms with van der Waals surface area (Å²) in [5.41, 5.74) is 7.69. The number of rotatable bonds is 4. The predicted molar refractivity (Wildman–Crippen MR) is 79.4 cm³/mol. The molecule has 0 radical (unpaired) electrons. The Bertz CT molecular complexity index is 425. The molecule has 2 heterocycles. The van der Waals surface area contributed by atoms with Crippen LogP contribution in [0.4, 0.5) is 0 Å². The van der Waals surface area contributed by atoms with E-state index in [0.717, 1.165) is 25.6 Å². The van der Waals surface area contributed by atoms with Gasteiger partial charge in [0.25, 0.3) is 0 Å². The first-order chi connectivity index (χ1) is 9.79. The highest BCUT2D eigenvalue weighted by Crippen LogP contribution is 2.36. The van der Waals surface area contributed by atoms with E-state index in [2.05, 4.69) is 16.5 Å². The van der Waals surface area contributed by atoms with Crippen molar-refractivity contribution in [1.29, 1.82) is 0 Å². The van der Waals surface area contributed by atoms with E-state index in [1.165, 1.54) is 37.8 Å². The molecule has 3 rings (SSSR count). The van der Waals surface area contributed by atoms with Crippen LogP contribution < -0.4 is 5.73 Å². The van der Waals surface area contributed by atoms with Gasteiger partial charge in [0.15, 0.2) is 0 Å². The average molecular weight is 277 g/mol. The van der Waals surface area contributed by atoms with Gasteiger partial charge in [0, 0.05) is 24.8 Å². The fraction of sp³-hybridized carbons (Fsp3) is 0.812. The minimum absolute atomic E-state index is 0.0713. The fourth-order valence-electron chi connectivity index (χ4n) is 3.84. The molecule has 0 bridgehead atoms. The third-order valence-electron chi connectivity index (χ3n) is 5.24. The van der Waals surface area contributed by atoms with Gasteiger partial charge in [0.1, 0.15) is 0 Å². The number of hydrogen-bond acceptors (Lipinski definition) is 3. The Morgan fingerprint density at radius 2 is 2.35 bits per heavy atom. The Kier molecular flexibility index (Phi) is 4.41. The quantitative estimate of drug-likeness (QED) is 0.920. The minimum Gasteiger partial charge on any atom is -0.381 e. The lowest BCUT2D eigenvalue weighted by atomic mass is 9.84. The van der Waals surface area contributed by atoms with Crippen LogP contribution in [0.1, 0.15) is 63.2 Å². The van der Waals surface area contributed by atoms with Crippen molar-refractivity contribution in [2.45, 2.75) is 57.5 Å². The Labute approximate surface area is 121 Å². The fourth-order valence-corrected chi connectivity index (χ4v) is 3.84. The van der Waals surface area contributed by atoms with Crippen LogP contribution in [0.3, 0.4) is 0 Å². The number of nitrogens with two attached hydrogens (primary N) is 1. The maximum Gasteiger partial charge on any atom is 0.0951 e. The zero-order chi connectivity index (χ0) is 13.9. The van der Waals surface area contributed by atoms with Gasteiger partial charge < -0.3 is 15.0 Å². The summed E-state index contributed by atoms with van der Waals surface area (Å²) < 4.78 is 7.85. The monoisotopic (exact) mass is 277 g/mol. The van der Waals surface area contributed by atoms with E-state index in [4.69, 9.17) is 10.5 Å². The SMILES string of the molecule is CCC1CCCC(n2cncc2C(N)C2CCOC2)C1. The van der Waals surface area contributed by atoms with E-state index in [-0.39, 0.29) is 6.04 Å². The summed E-state index contributed by atoms with van der Waals surface area (Å²) in [4.78, 5) is 4.38. The maximum atomic E-state index is 6.48. The van der Waals surface area contributed by atoms with Gasteiger partial charge in [0.2, 0.25) is 0 Å². The predicted octanol–water partition coefficient (Wildman–Crippen LogP) is 3.06. The number of nitrogens with zero attached hydrogens (tertiary/aromatic N) is 2. The molecule has 4 unspecified atom stereocenters. The lowest BCUT2D eigenvalue weighted by Gasteiger charge is -2.32. The molecule has 4 heteroatoms. The highest BCUT2D eigenvalue weighted by molar-refractivity contribution is 5.09. The van der Waals surface area contributed by atoms with Crippen molar-refractivity contribution in [2.75, 3.05) is 13.2 Å². The highest BCUT2D eigenvalue weighted by atomic mass is 16.5. The molecule has 0 amide bonds. The van der Waals surface area contributed by atoms with E-state index in [1.54, 1.807) is 0 Å². The van der Waals surface area contributed by atoms with Crippen molar-refractivity contribution >= 4 is 0 Å². The molecule has 1 aromatic rings. The Hall–Kier alpha value is -0.870. The number of imidazole rings is 1. The van der Waals surface area contributed by atoms with E-state index in [0.29, 0.717) is 12.0 Å². The Morgan fingerprint density at radius 1 is 1.45 bits per heavy atom. The molecule has 0 spiro atoms. The first-order valence-corrected chi connectivity index (χ1v) is 8.14. The lowest BCUT2D eigenvalue weighted by Crippen LogP contribution is -2.27. The molecule has 1 aromatic heterocycles. The molecular weight excluding hydrogens is 250 g/mol. The van der Waals surface area contributed by atoms with Crippen molar-refractivity contribution in [3.8, 4) is 0 Å². The molecule has 2 aliphatic rings. The van der Waals surface area contributed by atoms with E-state index < -0.39 is 0 Å². The lowest BCUT2D eigenvalue weighted by molar-refractivity contribution is 0.179. The normalized spacial score (nSPS) is 32.4. The molecule has 1 aliphatic heterocycles. The van der Waals surface area contributed by atoms with E-state index >= 15 is 0 Å². The number of hydrogen-bond donors (Lipinski definition) is 1. The third kappa shape index (κ3) is 2.77. The second-order valence-corrected chi connectivity index (χ2v) is 6.47. The smallest absolute Gasteiger partial charge is 0.0951 e. The zero-order valence-electron chi connectivity index (χ0n) is 12.5. The Morgan fingerprint density at radius 3 is 3.10 bits per heavy atom. The van der Waals surface area contributed by atoms with Crippen molar-refractivity contribution < 1.29 is 4.74 Å². The summed E-state index contributed by atoms with van der Waals surface area (Å²) in [6.07, 6.45) is 11.6. The van der Waals surface area contributed by atoms with Crippen molar-refractivity contribution in [3.05, 3.63) is 18.2 Å². The average Bonchev–Trinajstić information content (AvgIpc) is 3.17. The molecular formula is C16H27N3O. The minimum atomic E-state index is 0.0713. The van der Waals surface area contributed by atoms with Crippen LogP contribution in [-0.4, -0.2) is 22.8 Å². The summed E-state index contributed by atoms with van der Waals surface area (Å²) >= 11 is 0. The summed E-state index contributed by atoms with van der Waals surface area (Å²) in [7, 11) is 0. The van der Waals surface area contributed by atoms with Crippen molar-refractivity contribution in [3.63, 3.8) is 0 Å². The topological polar surface area (TPSA) is 53.1 Å². The molecule has 1 saturated carbocycles. The van der Waals surface area contributed by atoms with Gasteiger partial charge in [0.05, 0.1) is 24.7 Å². The van der Waals surface area contributed by atoms with Gasteiger partial charge in [-0.3, -0.25) is 0 Å². The van der Waals surface area contributed by atoms with Gasteiger partial charge in [-0.05, 0) is 25.2 Å². The van der Waals surface area contributed by atoms with Crippen LogP contribution in [0, 0.1) is 11.8 Å². The zero-order valence-corrected chi connectivity index (χ0v) is 12.5. The highest BCUT2D eigenvalue weighted by Gasteiger charge is 2.29. The Balaban J connectivity index is 1.75. The van der Waals surface area contributed by atoms with Crippen LogP contribution in [0.5, 0.6) is 0 Å². The largest absolute Gasteiger partial charge is 0.381 e. The van der Waals surface area contributed by atoms with Crippen LogP contribution in [0.2, 0.25) is 0 Å². The molecule has 0 aromatic carbocycles. The standard InChI is InChI=1S/C16H27N3O/c1-2-12-4-3-5-14(8-12)19-11-18-9-15(19)16(17)13-6-7-20-10-13/h9,11-14,16H,2-8,10,17H2,1H3.